The zero-order chi connectivity index (χ0) is 44.7. The number of hydrogen-bond acceptors (Lipinski definition) is 8. The molecule has 0 unspecified atom stereocenters. The lowest BCUT2D eigenvalue weighted by molar-refractivity contribution is -0.123. The van der Waals surface area contributed by atoms with Crippen LogP contribution in [0.5, 0.6) is 0 Å². The molecule has 3 atom stereocenters. The number of nitrogens with one attached hydrogen (secondary N) is 2. The van der Waals surface area contributed by atoms with Crippen LogP contribution < -0.4 is 20.5 Å². The Hall–Kier alpha value is -5.63. The molecule has 9 rings (SSSR count). The van der Waals surface area contributed by atoms with E-state index in [0.29, 0.717) is 10.7 Å². The normalized spacial score (nSPS) is 18.9. The monoisotopic (exact) mass is 915 g/mol. The molecule has 4 heterocycles. The fourth-order valence-corrected chi connectivity index (χ4v) is 10.0. The summed E-state index contributed by atoms with van der Waals surface area (Å²) in [5.41, 5.74) is -1.38. The van der Waals surface area contributed by atoms with E-state index in [9.17, 15) is 30.8 Å². The number of benzene rings is 3. The first-order valence-electron chi connectivity index (χ1n) is 20.4. The molecule has 6 aromatic rings. The first-order chi connectivity index (χ1) is 29.9. The van der Waals surface area contributed by atoms with E-state index < -0.39 is 87.7 Å². The van der Waals surface area contributed by atoms with Gasteiger partial charge in [0.2, 0.25) is 15.9 Å². The molecule has 1 amide bonds. The highest BCUT2D eigenvalue weighted by Gasteiger charge is 2.67. The summed E-state index contributed by atoms with van der Waals surface area (Å²) in [5.74, 6) is -8.81. The standard InChI is InChI=1S/C42H40ClF6N9O4S/c1-55-36-31(11-10-28(43)34(36)39(53-55)54-63(2,61)62)58-40(51-29-18-24(8-9-25(29)41(58)60)56-12-6-4-3-5-7-13-56)30(16-21-14-22(44)17-23(45)15-21)50-32(59)20-57-37-33(35(52-57)38(46)47)26-19-27(26)42(37,48)49/h8-11,14-15,17-18,26-27,30,38H,3-7,12-13,16,19-20H2,1-2H3,(H,50,59)(H,53,54)/t26-,27+,30-/m0/s1. The number of halogens is 7. The summed E-state index contributed by atoms with van der Waals surface area (Å²) in [7, 11) is -2.41. The number of aromatic nitrogens is 6. The number of alkyl halides is 4. The summed E-state index contributed by atoms with van der Waals surface area (Å²) in [5, 5.41) is 11.1. The third-order valence-corrected chi connectivity index (χ3v) is 12.9. The molecule has 3 aromatic carbocycles. The van der Waals surface area contributed by atoms with Gasteiger partial charge >= 0.3 is 0 Å². The maximum Gasteiger partial charge on any atom is 0.293 e. The quantitative estimate of drug-likeness (QED) is 0.125. The molecule has 1 saturated heterocycles. The third-order valence-electron chi connectivity index (χ3n) is 12.0. The Morgan fingerprint density at radius 3 is 2.37 bits per heavy atom. The van der Waals surface area contributed by atoms with Crippen molar-refractivity contribution < 1.29 is 39.6 Å². The summed E-state index contributed by atoms with van der Waals surface area (Å²) in [6.45, 7) is 0.539. The first-order valence-corrected chi connectivity index (χ1v) is 22.6. The number of carbonyl (C=O) groups excluding carboxylic acids is 1. The number of sulfonamides is 1. The number of fused-ring (bicyclic) bond motifs is 5. The molecule has 2 fully saturated rings. The number of hydrogen-bond donors (Lipinski definition) is 2. The molecule has 2 N–H and O–H groups in total. The van der Waals surface area contributed by atoms with Gasteiger partial charge in [-0.2, -0.15) is 19.0 Å². The van der Waals surface area contributed by atoms with Crippen LogP contribution in [-0.4, -0.2) is 62.8 Å². The van der Waals surface area contributed by atoms with Crippen LogP contribution in [0.2, 0.25) is 5.02 Å². The molecule has 13 nitrogen and oxygen atoms in total. The lowest BCUT2D eigenvalue weighted by atomic mass is 10.0. The van der Waals surface area contributed by atoms with E-state index in [4.69, 9.17) is 16.6 Å². The fourth-order valence-electron chi connectivity index (χ4n) is 9.27. The molecule has 0 radical (unpaired) electrons. The van der Waals surface area contributed by atoms with Gasteiger partial charge in [-0.3, -0.25) is 28.2 Å². The minimum Gasteiger partial charge on any atom is -0.371 e. The predicted molar refractivity (Wildman–Crippen MR) is 223 cm³/mol. The Morgan fingerprint density at radius 1 is 0.984 bits per heavy atom. The van der Waals surface area contributed by atoms with Crippen LogP contribution in [0.1, 0.15) is 85.2 Å². The van der Waals surface area contributed by atoms with Gasteiger partial charge < -0.3 is 10.2 Å². The molecule has 3 aromatic heterocycles. The second-order valence-electron chi connectivity index (χ2n) is 16.5. The molecule has 21 heteroatoms. The number of aryl methyl sites for hydroxylation is 1. The van der Waals surface area contributed by atoms with E-state index in [1.807, 2.05) is 0 Å². The van der Waals surface area contributed by atoms with E-state index in [-0.39, 0.29) is 61.7 Å². The largest absolute Gasteiger partial charge is 0.371 e. The van der Waals surface area contributed by atoms with E-state index in [0.717, 1.165) is 73.8 Å². The Labute approximate surface area is 361 Å². The highest BCUT2D eigenvalue weighted by atomic mass is 35.5. The number of rotatable bonds is 11. The number of carbonyl (C=O) groups is 1. The van der Waals surface area contributed by atoms with Gasteiger partial charge in [-0.05, 0) is 73.2 Å². The maximum atomic E-state index is 15.6. The number of nitrogens with zero attached hydrogens (tertiary/aromatic N) is 7. The fraction of sp³-hybridized carbons (Fsp3) is 0.405. The lowest BCUT2D eigenvalue weighted by Crippen LogP contribution is -2.38. The Bertz CT molecular complexity index is 2980. The molecule has 0 bridgehead atoms. The van der Waals surface area contributed by atoms with E-state index in [1.165, 1.54) is 23.9 Å². The number of anilines is 2. The van der Waals surface area contributed by atoms with Crippen molar-refractivity contribution in [3.05, 3.63) is 104 Å². The van der Waals surface area contributed by atoms with E-state index in [2.05, 4.69) is 25.1 Å². The van der Waals surface area contributed by atoms with Crippen LogP contribution >= 0.6 is 11.6 Å². The topological polar surface area (TPSA) is 149 Å². The van der Waals surface area contributed by atoms with Crippen molar-refractivity contribution in [2.24, 2.45) is 13.0 Å². The van der Waals surface area contributed by atoms with Crippen molar-refractivity contribution >= 4 is 60.8 Å². The van der Waals surface area contributed by atoms with Crippen LogP contribution in [0.4, 0.5) is 37.8 Å². The molecule has 63 heavy (non-hydrogen) atoms. The Kier molecular flexibility index (Phi) is 10.7. The van der Waals surface area contributed by atoms with Crippen LogP contribution in [0.15, 0.2) is 53.3 Å². The van der Waals surface area contributed by atoms with Gasteiger partial charge in [0, 0.05) is 49.8 Å². The van der Waals surface area contributed by atoms with Crippen LogP contribution in [0, 0.1) is 17.6 Å². The first kappa shape index (κ1) is 42.7. The van der Waals surface area contributed by atoms with Crippen molar-refractivity contribution in [1.82, 2.24) is 34.4 Å². The van der Waals surface area contributed by atoms with Gasteiger partial charge in [-0.1, -0.05) is 30.9 Å². The van der Waals surface area contributed by atoms with Crippen molar-refractivity contribution in [3.63, 3.8) is 0 Å². The van der Waals surface area contributed by atoms with Gasteiger partial charge in [-0.25, -0.2) is 31.0 Å². The molecular formula is C42H40ClF6N9O4S. The highest BCUT2D eigenvalue weighted by molar-refractivity contribution is 7.92. The average molecular weight is 916 g/mol. The molecule has 332 valence electrons. The average Bonchev–Trinajstić information content (AvgIpc) is 3.72. The zero-order valence-corrected chi connectivity index (χ0v) is 35.4. The van der Waals surface area contributed by atoms with Gasteiger partial charge in [0.1, 0.15) is 35.4 Å². The van der Waals surface area contributed by atoms with Gasteiger partial charge in [0.25, 0.3) is 17.9 Å². The molecule has 1 saturated carbocycles. The van der Waals surface area contributed by atoms with Gasteiger partial charge in [0.05, 0.1) is 44.8 Å². The minimum absolute atomic E-state index is 0.00101. The Balaban J connectivity index is 1.24. The van der Waals surface area contributed by atoms with Crippen LogP contribution in [-0.2, 0) is 40.8 Å². The third kappa shape index (κ3) is 7.89. The van der Waals surface area contributed by atoms with E-state index in [1.54, 1.807) is 18.2 Å². The van der Waals surface area contributed by atoms with Gasteiger partial charge in [-0.15, -0.1) is 0 Å². The summed E-state index contributed by atoms with van der Waals surface area (Å²) >= 11 is 6.66. The SMILES string of the molecule is Cn1nc(NS(C)(=O)=O)c2c(Cl)ccc(-n3c([C@H](Cc4cc(F)cc(F)c4)NC(=O)Cn4nc(C(F)F)c5c4C(F)(F)[C@@H]4C[C@H]54)nc4cc(N5CCCCCCC5)ccc4c3=O)c21. The smallest absolute Gasteiger partial charge is 0.293 e. The number of amides is 1. The minimum atomic E-state index is -3.90. The maximum absolute atomic E-state index is 15.6. The second-order valence-corrected chi connectivity index (χ2v) is 18.6. The van der Waals surface area contributed by atoms with Crippen molar-refractivity contribution in [2.45, 2.75) is 75.8 Å². The Morgan fingerprint density at radius 2 is 1.68 bits per heavy atom. The molecule has 1 aliphatic heterocycles. The highest BCUT2D eigenvalue weighted by Crippen LogP contribution is 2.68. The summed E-state index contributed by atoms with van der Waals surface area (Å²) < 4.78 is 119. The van der Waals surface area contributed by atoms with Crippen molar-refractivity contribution in [2.75, 3.05) is 29.0 Å². The predicted octanol–water partition coefficient (Wildman–Crippen LogP) is 7.79. The summed E-state index contributed by atoms with van der Waals surface area (Å²) in [6.07, 6.45) is 2.42. The molecular weight excluding hydrogens is 876 g/mol. The van der Waals surface area contributed by atoms with Crippen molar-refractivity contribution in [3.8, 4) is 5.69 Å². The molecule has 2 aliphatic carbocycles. The lowest BCUT2D eigenvalue weighted by Gasteiger charge is -2.27. The zero-order valence-electron chi connectivity index (χ0n) is 33.8. The van der Waals surface area contributed by atoms with Gasteiger partial charge in [0.15, 0.2) is 5.82 Å². The van der Waals surface area contributed by atoms with Crippen LogP contribution in [0.3, 0.4) is 0 Å². The summed E-state index contributed by atoms with van der Waals surface area (Å²) in [4.78, 5) is 36.5. The molecule has 3 aliphatic rings. The molecule has 0 spiro atoms. The van der Waals surface area contributed by atoms with E-state index >= 15 is 13.6 Å². The summed E-state index contributed by atoms with van der Waals surface area (Å²) in [6, 6.07) is 9.21. The van der Waals surface area contributed by atoms with Crippen LogP contribution in [0.25, 0.3) is 27.5 Å². The second kappa shape index (κ2) is 15.9. The van der Waals surface area contributed by atoms with Crippen molar-refractivity contribution in [1.29, 1.82) is 0 Å².